The Morgan fingerprint density at radius 1 is 1.19 bits per heavy atom. The molecule has 2 aromatic rings. The summed E-state index contributed by atoms with van der Waals surface area (Å²) in [5, 5.41) is 0. The summed E-state index contributed by atoms with van der Waals surface area (Å²) in [6, 6.07) is 7.31. The number of hydrogen-bond acceptors (Lipinski definition) is 6. The molecule has 190 valence electrons. The van der Waals surface area contributed by atoms with Crippen LogP contribution in [0.2, 0.25) is 0 Å². The minimum Gasteiger partial charge on any atom is -0.472 e. The number of carbonyl (C=O) groups is 1. The molecule has 0 saturated carbocycles. The predicted octanol–water partition coefficient (Wildman–Crippen LogP) is 4.56. The van der Waals surface area contributed by atoms with Crippen LogP contribution in [0.4, 0.5) is 24.7 Å². The first-order chi connectivity index (χ1) is 16.9. The molecule has 0 unspecified atom stereocenters. The number of benzene rings is 1. The summed E-state index contributed by atoms with van der Waals surface area (Å²) in [6.45, 7) is 1.82. The Kier molecular flexibility index (Phi) is 6.51. The molecule has 2 aliphatic rings. The molecule has 0 spiro atoms. The van der Waals surface area contributed by atoms with E-state index in [2.05, 4.69) is 20.9 Å². The van der Waals surface area contributed by atoms with E-state index in [1.165, 1.54) is 35.3 Å². The first-order valence-corrected chi connectivity index (χ1v) is 12.6. The highest BCUT2D eigenvalue weighted by atomic mass is 79.9. The fraction of sp³-hybridized carbons (Fsp3) is 0.182. The van der Waals surface area contributed by atoms with Gasteiger partial charge < -0.3 is 20.5 Å². The maximum atomic E-state index is 13.1. The number of nitrogens with one attached hydrogen (secondary N) is 1. The average Bonchev–Trinajstić information content (AvgIpc) is 3.27. The van der Waals surface area contributed by atoms with Gasteiger partial charge in [0.25, 0.3) is 5.91 Å². The Hall–Kier alpha value is -3.52. The topological polar surface area (TPSA) is 146 Å². The number of fused-ring (bicyclic) bond motifs is 1. The number of para-hydroxylation sites is 1. The van der Waals surface area contributed by atoms with Crippen LogP contribution >= 0.6 is 15.9 Å². The second-order valence-corrected chi connectivity index (χ2v) is 10.2. The number of rotatable bonds is 7. The molecular formula is C22H19BrF3N5O4S. The van der Waals surface area contributed by atoms with Crippen LogP contribution in [0.25, 0.3) is 22.3 Å². The van der Waals surface area contributed by atoms with E-state index in [1.807, 2.05) is 6.92 Å². The molecule has 4 rings (SSSR count). The van der Waals surface area contributed by atoms with Gasteiger partial charge in [0.05, 0.1) is 24.8 Å². The number of aromatic nitrogens is 2. The van der Waals surface area contributed by atoms with Crippen molar-refractivity contribution in [3.8, 4) is 22.3 Å². The number of halogens is 4. The van der Waals surface area contributed by atoms with E-state index in [0.29, 0.717) is 39.0 Å². The molecule has 2 heterocycles. The van der Waals surface area contributed by atoms with Crippen molar-refractivity contribution in [2.75, 3.05) is 10.5 Å². The molecule has 36 heavy (non-hydrogen) atoms. The lowest BCUT2D eigenvalue weighted by Crippen LogP contribution is -2.30. The minimum atomic E-state index is -5.70. The van der Waals surface area contributed by atoms with E-state index in [0.717, 1.165) is 0 Å². The molecule has 1 aromatic carbocycles. The van der Waals surface area contributed by atoms with E-state index < -0.39 is 21.4 Å². The number of nitrogen functional groups attached to an aromatic ring is 1. The fourth-order valence-corrected chi connectivity index (χ4v) is 5.36. The average molecular weight is 586 g/mol. The minimum absolute atomic E-state index is 0.00739. The molecule has 1 aromatic heterocycles. The van der Waals surface area contributed by atoms with Gasteiger partial charge in [-0.15, -0.1) is 0 Å². The van der Waals surface area contributed by atoms with E-state index in [4.69, 9.17) is 15.9 Å². The third kappa shape index (κ3) is 4.30. The Morgan fingerprint density at radius 3 is 2.53 bits per heavy atom. The number of anilines is 2. The van der Waals surface area contributed by atoms with Gasteiger partial charge in [-0.1, -0.05) is 25.1 Å². The summed E-state index contributed by atoms with van der Waals surface area (Å²) >= 11 is 3.49. The molecule has 14 heteroatoms. The van der Waals surface area contributed by atoms with Crippen molar-refractivity contribution >= 4 is 43.4 Å². The van der Waals surface area contributed by atoms with Crippen molar-refractivity contribution in [2.24, 2.45) is 5.73 Å². The normalized spacial score (nSPS) is 12.2. The number of amides is 1. The van der Waals surface area contributed by atoms with Crippen molar-refractivity contribution < 1.29 is 30.8 Å². The molecule has 0 saturated heterocycles. The Bertz CT molecular complexity index is 1550. The molecular weight excluding hydrogens is 567 g/mol. The third-order valence-corrected chi connectivity index (χ3v) is 7.48. The van der Waals surface area contributed by atoms with Crippen molar-refractivity contribution in [3.05, 3.63) is 64.4 Å². The molecule has 0 radical (unpaired) electrons. The van der Waals surface area contributed by atoms with Gasteiger partial charge in [-0.05, 0) is 39.2 Å². The molecule has 0 fully saturated rings. The lowest BCUT2D eigenvalue weighted by molar-refractivity contribution is -0.0429. The standard InChI is InChI=1S/C22H19BrF3N5O4S/c1-2-16-29-20(27)19(21(28)32)31(16)9-13-11-7-8-35-10-14(11)18(23)17(13)12-5-3-4-6-15(12)30-36(33,34)22(24,25)26/h3-8,10,30H,2,9,27H2,1H3,(H2,28,32). The number of aryl methyl sites for hydroxylation is 1. The quantitative estimate of drug-likeness (QED) is 0.289. The lowest BCUT2D eigenvalue weighted by atomic mass is 10.0. The summed E-state index contributed by atoms with van der Waals surface area (Å²) in [5.41, 5.74) is 7.96. The second-order valence-electron chi connectivity index (χ2n) is 7.71. The maximum absolute atomic E-state index is 13.1. The number of sulfonamides is 1. The van der Waals surface area contributed by atoms with Gasteiger partial charge in [0, 0.05) is 27.6 Å². The second kappa shape index (κ2) is 9.17. The molecule has 0 atom stereocenters. The lowest BCUT2D eigenvalue weighted by Gasteiger charge is -2.17. The number of nitrogens with zero attached hydrogens (tertiary/aromatic N) is 2. The van der Waals surface area contributed by atoms with E-state index in [1.54, 1.807) is 16.9 Å². The zero-order valence-electron chi connectivity index (χ0n) is 18.6. The Labute approximate surface area is 211 Å². The van der Waals surface area contributed by atoms with Crippen LogP contribution in [0.3, 0.4) is 0 Å². The monoisotopic (exact) mass is 585 g/mol. The van der Waals surface area contributed by atoms with Crippen LogP contribution in [0.5, 0.6) is 0 Å². The Balaban J connectivity index is 1.98. The summed E-state index contributed by atoms with van der Waals surface area (Å²) in [6.07, 6.45) is 3.26. The fourth-order valence-electron chi connectivity index (χ4n) is 4.02. The SMILES string of the molecule is CCc1nc(N)c(C(N)=O)n1Cc1c2ccocc-2c(Br)c1-c1ccccc1NS(=O)(=O)C(F)(F)F. The number of primary amides is 1. The largest absolute Gasteiger partial charge is 0.516 e. The summed E-state index contributed by atoms with van der Waals surface area (Å²) in [7, 11) is -5.70. The van der Waals surface area contributed by atoms with E-state index in [9.17, 15) is 26.4 Å². The molecule has 9 nitrogen and oxygen atoms in total. The van der Waals surface area contributed by atoms with E-state index >= 15 is 0 Å². The van der Waals surface area contributed by atoms with Crippen molar-refractivity contribution in [1.82, 2.24) is 9.55 Å². The number of nitrogens with two attached hydrogens (primary N) is 2. The zero-order chi connectivity index (χ0) is 26.4. The van der Waals surface area contributed by atoms with Crippen molar-refractivity contribution in [3.63, 3.8) is 0 Å². The predicted molar refractivity (Wildman–Crippen MR) is 131 cm³/mol. The van der Waals surface area contributed by atoms with Gasteiger partial charge in [-0.3, -0.25) is 9.52 Å². The van der Waals surface area contributed by atoms with Gasteiger partial charge in [0.2, 0.25) is 0 Å². The number of imidazole rings is 1. The van der Waals surface area contributed by atoms with Gasteiger partial charge in [-0.2, -0.15) is 21.6 Å². The highest BCUT2D eigenvalue weighted by Gasteiger charge is 2.46. The number of carbonyl (C=O) groups excluding carboxylic acids is 1. The summed E-state index contributed by atoms with van der Waals surface area (Å²) in [5.74, 6) is -0.391. The van der Waals surface area contributed by atoms with Crippen LogP contribution < -0.4 is 16.2 Å². The first kappa shape index (κ1) is 25.6. The molecule has 1 aliphatic carbocycles. The molecule has 1 aliphatic heterocycles. The number of alkyl halides is 3. The molecule has 1 amide bonds. The smallest absolute Gasteiger partial charge is 0.472 e. The molecule has 0 bridgehead atoms. The van der Waals surface area contributed by atoms with Gasteiger partial charge in [0.1, 0.15) is 5.82 Å². The van der Waals surface area contributed by atoms with E-state index in [-0.39, 0.29) is 29.3 Å². The van der Waals surface area contributed by atoms with Crippen LogP contribution in [0, 0.1) is 0 Å². The van der Waals surface area contributed by atoms with Crippen LogP contribution in [0.1, 0.15) is 28.8 Å². The molecule has 5 N–H and O–H groups in total. The number of hydrogen-bond donors (Lipinski definition) is 3. The summed E-state index contributed by atoms with van der Waals surface area (Å²) < 4.78 is 72.1. The Morgan fingerprint density at radius 2 is 1.89 bits per heavy atom. The van der Waals surface area contributed by atoms with Crippen molar-refractivity contribution in [1.29, 1.82) is 0 Å². The highest BCUT2D eigenvalue weighted by Crippen LogP contribution is 2.48. The first-order valence-electron chi connectivity index (χ1n) is 10.4. The van der Waals surface area contributed by atoms with Gasteiger partial charge >= 0.3 is 15.5 Å². The zero-order valence-corrected chi connectivity index (χ0v) is 21.0. The summed E-state index contributed by atoms with van der Waals surface area (Å²) in [4.78, 5) is 16.4. The van der Waals surface area contributed by atoms with Crippen LogP contribution in [0.15, 0.2) is 51.7 Å². The van der Waals surface area contributed by atoms with Gasteiger partial charge in [-0.25, -0.2) is 4.98 Å². The maximum Gasteiger partial charge on any atom is 0.516 e. The van der Waals surface area contributed by atoms with Crippen LogP contribution in [-0.4, -0.2) is 29.4 Å². The third-order valence-electron chi connectivity index (χ3n) is 5.56. The van der Waals surface area contributed by atoms with Crippen LogP contribution in [-0.2, 0) is 23.0 Å². The van der Waals surface area contributed by atoms with Gasteiger partial charge in [0.15, 0.2) is 11.5 Å². The highest BCUT2D eigenvalue weighted by molar-refractivity contribution is 9.10. The van der Waals surface area contributed by atoms with Crippen molar-refractivity contribution in [2.45, 2.75) is 25.4 Å².